The molecule has 1 aromatic heterocycles. The number of aryl methyl sites for hydroxylation is 1. The largest absolute Gasteiger partial charge is 0.507 e. The Kier molecular flexibility index (Phi) is 6.17. The van der Waals surface area contributed by atoms with E-state index >= 15 is 0 Å². The summed E-state index contributed by atoms with van der Waals surface area (Å²) in [6.45, 7) is 2.08. The van der Waals surface area contributed by atoms with Gasteiger partial charge in [-0.2, -0.15) is 0 Å². The number of thiazole rings is 1. The molecule has 0 spiro atoms. The Morgan fingerprint density at radius 2 is 1.80 bits per heavy atom. The number of halogens is 1. The molecule has 35 heavy (non-hydrogen) atoms. The second kappa shape index (κ2) is 9.28. The average Bonchev–Trinajstić information content (AvgIpc) is 3.41. The number of aromatic nitrogens is 1. The Hall–Kier alpha value is -3.49. The van der Waals surface area contributed by atoms with Gasteiger partial charge < -0.3 is 9.84 Å². The molecule has 1 atom stereocenters. The van der Waals surface area contributed by atoms with Crippen LogP contribution in [0, 0.1) is 0 Å². The summed E-state index contributed by atoms with van der Waals surface area (Å²) in [5, 5.41) is 11.7. The molecule has 6 nitrogen and oxygen atoms in total. The van der Waals surface area contributed by atoms with Crippen molar-refractivity contribution >= 4 is 60.1 Å². The summed E-state index contributed by atoms with van der Waals surface area (Å²) in [7, 11) is 1.55. The Labute approximate surface area is 214 Å². The third-order valence-electron chi connectivity index (χ3n) is 6.05. The predicted molar refractivity (Wildman–Crippen MR) is 141 cm³/mol. The van der Waals surface area contributed by atoms with E-state index in [4.69, 9.17) is 4.74 Å². The number of rotatable bonds is 5. The van der Waals surface area contributed by atoms with Crippen molar-refractivity contribution in [1.82, 2.24) is 4.98 Å². The van der Waals surface area contributed by atoms with Crippen LogP contribution < -0.4 is 9.64 Å². The van der Waals surface area contributed by atoms with Gasteiger partial charge in [-0.3, -0.25) is 14.5 Å². The standard InChI is InChI=1S/C27H21BrN2O4S/c1-3-15-4-13-20-21(14-15)35-27(29-20)30-23(16-5-9-18(28)10-6-16)22(25(32)26(30)33)24(31)17-7-11-19(34-2)12-8-17/h4-14,23,31H,3H2,1-2H3. The number of hydrogen-bond acceptors (Lipinski definition) is 6. The topological polar surface area (TPSA) is 79.7 Å². The van der Waals surface area contributed by atoms with Gasteiger partial charge in [0, 0.05) is 10.0 Å². The van der Waals surface area contributed by atoms with Gasteiger partial charge in [0.25, 0.3) is 5.78 Å². The third-order valence-corrected chi connectivity index (χ3v) is 7.60. The first-order chi connectivity index (χ1) is 16.9. The highest BCUT2D eigenvalue weighted by Crippen LogP contribution is 2.44. The molecule has 0 aliphatic carbocycles. The highest BCUT2D eigenvalue weighted by molar-refractivity contribution is 9.10. The number of carbonyl (C=O) groups excluding carboxylic acids is 2. The molecular formula is C27H21BrN2O4S. The molecule has 1 fully saturated rings. The summed E-state index contributed by atoms with van der Waals surface area (Å²) in [6.07, 6.45) is 0.883. The lowest BCUT2D eigenvalue weighted by Gasteiger charge is -2.23. The fraction of sp³-hybridized carbons (Fsp3) is 0.148. The van der Waals surface area contributed by atoms with Crippen molar-refractivity contribution in [2.45, 2.75) is 19.4 Å². The lowest BCUT2D eigenvalue weighted by atomic mass is 9.95. The van der Waals surface area contributed by atoms with E-state index in [2.05, 4.69) is 33.9 Å². The smallest absolute Gasteiger partial charge is 0.301 e. The Bertz CT molecular complexity index is 1480. The van der Waals surface area contributed by atoms with Crippen LogP contribution in [0.3, 0.4) is 0 Å². The highest BCUT2D eigenvalue weighted by Gasteiger charge is 2.48. The van der Waals surface area contributed by atoms with Gasteiger partial charge in [0.2, 0.25) is 0 Å². The summed E-state index contributed by atoms with van der Waals surface area (Å²) >= 11 is 4.80. The lowest BCUT2D eigenvalue weighted by molar-refractivity contribution is -0.132. The summed E-state index contributed by atoms with van der Waals surface area (Å²) in [6, 6.07) is 19.2. The number of aliphatic hydroxyl groups excluding tert-OH is 1. The van der Waals surface area contributed by atoms with E-state index in [0.29, 0.717) is 22.0 Å². The highest BCUT2D eigenvalue weighted by atomic mass is 79.9. The van der Waals surface area contributed by atoms with Crippen molar-refractivity contribution in [2.75, 3.05) is 12.0 Å². The van der Waals surface area contributed by atoms with Crippen molar-refractivity contribution in [1.29, 1.82) is 0 Å². The molecule has 5 rings (SSSR count). The van der Waals surface area contributed by atoms with E-state index in [1.54, 1.807) is 31.4 Å². The number of amides is 1. The number of benzene rings is 3. The summed E-state index contributed by atoms with van der Waals surface area (Å²) in [4.78, 5) is 32.8. The zero-order valence-corrected chi connectivity index (χ0v) is 21.4. The maximum Gasteiger partial charge on any atom is 0.301 e. The minimum absolute atomic E-state index is 0.0241. The van der Waals surface area contributed by atoms with Crippen molar-refractivity contribution < 1.29 is 19.4 Å². The Balaban J connectivity index is 1.69. The zero-order valence-electron chi connectivity index (χ0n) is 19.0. The van der Waals surface area contributed by atoms with Crippen LogP contribution in [0.5, 0.6) is 5.75 Å². The number of ketones is 1. The lowest BCUT2D eigenvalue weighted by Crippen LogP contribution is -2.29. The maximum absolute atomic E-state index is 13.4. The fourth-order valence-corrected chi connectivity index (χ4v) is 5.49. The SMILES string of the molecule is CCc1ccc2nc(N3C(=O)C(=O)C(=C(O)c4ccc(OC)cc4)C3c3ccc(Br)cc3)sc2c1. The van der Waals surface area contributed by atoms with E-state index in [1.807, 2.05) is 36.4 Å². The quantitative estimate of drug-likeness (QED) is 0.181. The normalized spacial score (nSPS) is 17.3. The van der Waals surface area contributed by atoms with Crippen LogP contribution >= 0.6 is 27.3 Å². The van der Waals surface area contributed by atoms with Gasteiger partial charge in [-0.05, 0) is 66.1 Å². The molecule has 1 aliphatic rings. The van der Waals surface area contributed by atoms with Gasteiger partial charge in [0.15, 0.2) is 5.13 Å². The molecule has 1 N–H and O–H groups in total. The minimum atomic E-state index is -0.823. The molecule has 176 valence electrons. The molecule has 2 heterocycles. The molecular weight excluding hydrogens is 528 g/mol. The number of ether oxygens (including phenoxy) is 1. The van der Waals surface area contributed by atoms with Crippen molar-refractivity contribution in [3.8, 4) is 5.75 Å². The Morgan fingerprint density at radius 1 is 1.09 bits per heavy atom. The first-order valence-corrected chi connectivity index (χ1v) is 12.6. The van der Waals surface area contributed by atoms with Gasteiger partial charge in [0.1, 0.15) is 11.5 Å². The summed E-state index contributed by atoms with van der Waals surface area (Å²) in [5.41, 5.74) is 3.06. The molecule has 1 unspecified atom stereocenters. The minimum Gasteiger partial charge on any atom is -0.507 e. The number of methoxy groups -OCH3 is 1. The summed E-state index contributed by atoms with van der Waals surface area (Å²) in [5.74, 6) is -1.09. The third kappa shape index (κ3) is 4.13. The number of fused-ring (bicyclic) bond motifs is 1. The van der Waals surface area contributed by atoms with Crippen molar-refractivity contribution in [3.63, 3.8) is 0 Å². The van der Waals surface area contributed by atoms with Crippen LogP contribution in [0.15, 0.2) is 76.8 Å². The zero-order chi connectivity index (χ0) is 24.7. The van der Waals surface area contributed by atoms with Crippen LogP contribution in [-0.4, -0.2) is 28.9 Å². The monoisotopic (exact) mass is 548 g/mol. The number of carbonyl (C=O) groups is 2. The fourth-order valence-electron chi connectivity index (χ4n) is 4.17. The number of nitrogens with zero attached hydrogens (tertiary/aromatic N) is 2. The molecule has 4 aromatic rings. The van der Waals surface area contributed by atoms with Gasteiger partial charge in [-0.15, -0.1) is 0 Å². The van der Waals surface area contributed by atoms with Crippen molar-refractivity contribution in [3.05, 3.63) is 93.5 Å². The summed E-state index contributed by atoms with van der Waals surface area (Å²) < 4.78 is 6.99. The van der Waals surface area contributed by atoms with Crippen LogP contribution in [0.1, 0.15) is 29.7 Å². The molecule has 1 aliphatic heterocycles. The first-order valence-electron chi connectivity index (χ1n) is 11.0. The number of anilines is 1. The molecule has 1 amide bonds. The molecule has 0 saturated carbocycles. The van der Waals surface area contributed by atoms with Gasteiger partial charge in [-0.25, -0.2) is 4.98 Å². The Morgan fingerprint density at radius 3 is 2.46 bits per heavy atom. The second-order valence-corrected chi connectivity index (χ2v) is 10.0. The van der Waals surface area contributed by atoms with Crippen LogP contribution in [0.4, 0.5) is 5.13 Å². The van der Waals surface area contributed by atoms with Crippen LogP contribution in [0.2, 0.25) is 0 Å². The predicted octanol–water partition coefficient (Wildman–Crippen LogP) is 6.26. The van der Waals surface area contributed by atoms with E-state index in [1.165, 1.54) is 21.8 Å². The number of hydrogen-bond donors (Lipinski definition) is 1. The van der Waals surface area contributed by atoms with Crippen LogP contribution in [-0.2, 0) is 16.0 Å². The van der Waals surface area contributed by atoms with Gasteiger partial charge in [-0.1, -0.05) is 52.4 Å². The van der Waals surface area contributed by atoms with E-state index in [9.17, 15) is 14.7 Å². The maximum atomic E-state index is 13.4. The molecule has 0 bridgehead atoms. The molecule has 1 saturated heterocycles. The van der Waals surface area contributed by atoms with E-state index < -0.39 is 17.7 Å². The molecule has 3 aromatic carbocycles. The van der Waals surface area contributed by atoms with Gasteiger partial charge >= 0.3 is 5.91 Å². The van der Waals surface area contributed by atoms with Crippen molar-refractivity contribution in [2.24, 2.45) is 0 Å². The number of aliphatic hydroxyl groups is 1. The van der Waals surface area contributed by atoms with E-state index in [0.717, 1.165) is 21.1 Å². The molecule has 0 radical (unpaired) electrons. The van der Waals surface area contributed by atoms with Crippen LogP contribution in [0.25, 0.3) is 16.0 Å². The molecule has 8 heteroatoms. The first kappa shape index (κ1) is 23.3. The average molecular weight is 549 g/mol. The second-order valence-electron chi connectivity index (χ2n) is 8.10. The van der Waals surface area contributed by atoms with E-state index in [-0.39, 0.29) is 11.3 Å². The van der Waals surface area contributed by atoms with Gasteiger partial charge in [0.05, 0.1) is 28.9 Å². The number of Topliss-reactive ketones (excluding diaryl/α,β-unsaturated/α-hetero) is 1.